The summed E-state index contributed by atoms with van der Waals surface area (Å²) in [6.45, 7) is 4.71. The van der Waals surface area contributed by atoms with Gasteiger partial charge in [-0.1, -0.05) is 26.2 Å². The molecule has 3 nitrogen and oxygen atoms in total. The first-order chi connectivity index (χ1) is 9.85. The van der Waals surface area contributed by atoms with E-state index in [-0.39, 0.29) is 0 Å². The normalized spacial score (nSPS) is 18.8. The first kappa shape index (κ1) is 15.6. The standard InChI is InChI=1S/C17H30N2O/c1-2-18-17-10-6-5-9-15-13-19(14-16(15)17)11-7-3-4-8-12-20/h13-14,17-18,20H,2-12H2,1H3. The van der Waals surface area contributed by atoms with E-state index < -0.39 is 0 Å². The summed E-state index contributed by atoms with van der Waals surface area (Å²) in [5.74, 6) is 0. The molecular formula is C17H30N2O. The highest BCUT2D eigenvalue weighted by Gasteiger charge is 2.19. The average Bonchev–Trinajstić information content (AvgIpc) is 2.76. The summed E-state index contributed by atoms with van der Waals surface area (Å²) in [7, 11) is 0. The van der Waals surface area contributed by atoms with Gasteiger partial charge in [-0.2, -0.15) is 0 Å². The molecule has 2 N–H and O–H groups in total. The van der Waals surface area contributed by atoms with Gasteiger partial charge in [-0.25, -0.2) is 0 Å². The smallest absolute Gasteiger partial charge is 0.0431 e. The number of unbranched alkanes of at least 4 members (excludes halogenated alkanes) is 3. The molecule has 1 aromatic heterocycles. The lowest BCUT2D eigenvalue weighted by atomic mass is 10.0. The third-order valence-corrected chi connectivity index (χ3v) is 4.34. The molecule has 0 amide bonds. The molecule has 3 heteroatoms. The fraction of sp³-hybridized carbons (Fsp3) is 0.765. The molecule has 0 bridgehead atoms. The Bertz CT molecular complexity index is 386. The van der Waals surface area contributed by atoms with E-state index in [1.54, 1.807) is 11.1 Å². The van der Waals surface area contributed by atoms with Gasteiger partial charge in [0.25, 0.3) is 0 Å². The Kier molecular flexibility index (Phi) is 6.61. The summed E-state index contributed by atoms with van der Waals surface area (Å²) in [5.41, 5.74) is 3.10. The molecule has 0 aromatic carbocycles. The summed E-state index contributed by atoms with van der Waals surface area (Å²) in [5, 5.41) is 12.4. The summed E-state index contributed by atoms with van der Waals surface area (Å²) < 4.78 is 2.39. The van der Waals surface area contributed by atoms with Crippen LogP contribution in [0.3, 0.4) is 0 Å². The molecule has 0 spiro atoms. The second-order valence-electron chi connectivity index (χ2n) is 5.97. The zero-order valence-corrected chi connectivity index (χ0v) is 12.9. The first-order valence-electron chi connectivity index (χ1n) is 8.38. The Labute approximate surface area is 123 Å². The second kappa shape index (κ2) is 8.48. The van der Waals surface area contributed by atoms with E-state index in [4.69, 9.17) is 5.11 Å². The van der Waals surface area contributed by atoms with Gasteiger partial charge in [0.15, 0.2) is 0 Å². The number of hydrogen-bond acceptors (Lipinski definition) is 2. The summed E-state index contributed by atoms with van der Waals surface area (Å²) >= 11 is 0. The van der Waals surface area contributed by atoms with Crippen LogP contribution >= 0.6 is 0 Å². The predicted octanol–water partition coefficient (Wildman–Crippen LogP) is 3.42. The van der Waals surface area contributed by atoms with Crippen LogP contribution in [0.15, 0.2) is 12.4 Å². The quantitative estimate of drug-likeness (QED) is 0.565. The van der Waals surface area contributed by atoms with Gasteiger partial charge in [0.05, 0.1) is 0 Å². The van der Waals surface area contributed by atoms with E-state index in [0.29, 0.717) is 12.6 Å². The number of aryl methyl sites for hydroxylation is 2. The summed E-state index contributed by atoms with van der Waals surface area (Å²) in [6.07, 6.45) is 14.5. The first-order valence-corrected chi connectivity index (χ1v) is 8.38. The lowest BCUT2D eigenvalue weighted by molar-refractivity contribution is 0.282. The minimum atomic E-state index is 0.335. The molecule has 1 aliphatic carbocycles. The number of fused-ring (bicyclic) bond motifs is 1. The highest BCUT2D eigenvalue weighted by molar-refractivity contribution is 5.29. The Morgan fingerprint density at radius 3 is 2.85 bits per heavy atom. The number of aliphatic hydroxyl groups excluding tert-OH is 1. The number of aliphatic hydroxyl groups is 1. The van der Waals surface area contributed by atoms with Crippen molar-refractivity contribution in [2.45, 2.75) is 70.9 Å². The van der Waals surface area contributed by atoms with E-state index >= 15 is 0 Å². The Hall–Kier alpha value is -0.800. The zero-order valence-electron chi connectivity index (χ0n) is 12.9. The van der Waals surface area contributed by atoms with E-state index in [0.717, 1.165) is 25.9 Å². The number of aromatic nitrogens is 1. The molecule has 0 fully saturated rings. The number of nitrogens with one attached hydrogen (secondary N) is 1. The van der Waals surface area contributed by atoms with Crippen molar-refractivity contribution in [2.24, 2.45) is 0 Å². The van der Waals surface area contributed by atoms with Crippen molar-refractivity contribution in [3.05, 3.63) is 23.5 Å². The van der Waals surface area contributed by atoms with E-state index in [1.807, 2.05) is 0 Å². The zero-order chi connectivity index (χ0) is 14.2. The fourth-order valence-electron chi connectivity index (χ4n) is 3.26. The number of nitrogens with zero attached hydrogens (tertiary/aromatic N) is 1. The molecule has 0 radical (unpaired) electrons. The molecule has 114 valence electrons. The minimum Gasteiger partial charge on any atom is -0.396 e. The van der Waals surface area contributed by atoms with Crippen LogP contribution in [-0.2, 0) is 13.0 Å². The molecule has 2 rings (SSSR count). The van der Waals surface area contributed by atoms with Crippen LogP contribution in [0.2, 0.25) is 0 Å². The van der Waals surface area contributed by atoms with Crippen molar-refractivity contribution in [1.29, 1.82) is 0 Å². The fourth-order valence-corrected chi connectivity index (χ4v) is 3.26. The molecule has 1 unspecified atom stereocenters. The molecule has 0 saturated carbocycles. The van der Waals surface area contributed by atoms with Crippen LogP contribution in [0.5, 0.6) is 0 Å². The maximum atomic E-state index is 8.79. The maximum Gasteiger partial charge on any atom is 0.0431 e. The summed E-state index contributed by atoms with van der Waals surface area (Å²) in [6, 6.07) is 0.563. The van der Waals surface area contributed by atoms with E-state index in [9.17, 15) is 0 Å². The van der Waals surface area contributed by atoms with Crippen molar-refractivity contribution >= 4 is 0 Å². The van der Waals surface area contributed by atoms with Crippen molar-refractivity contribution < 1.29 is 5.11 Å². The molecule has 0 aliphatic heterocycles. The molecular weight excluding hydrogens is 248 g/mol. The largest absolute Gasteiger partial charge is 0.396 e. The highest BCUT2D eigenvalue weighted by Crippen LogP contribution is 2.29. The van der Waals surface area contributed by atoms with Crippen LogP contribution in [-0.4, -0.2) is 22.8 Å². The molecule has 1 aliphatic rings. The molecule has 0 saturated heterocycles. The third kappa shape index (κ3) is 4.35. The molecule has 20 heavy (non-hydrogen) atoms. The van der Waals surface area contributed by atoms with Gasteiger partial charge < -0.3 is 15.0 Å². The second-order valence-corrected chi connectivity index (χ2v) is 5.97. The molecule has 1 aromatic rings. The highest BCUT2D eigenvalue weighted by atomic mass is 16.2. The minimum absolute atomic E-state index is 0.335. The van der Waals surface area contributed by atoms with Gasteiger partial charge in [-0.3, -0.25) is 0 Å². The SMILES string of the molecule is CCNC1CCCCc2cn(CCCCCCO)cc21. The molecule has 1 atom stereocenters. The van der Waals surface area contributed by atoms with Gasteiger partial charge in [-0.05, 0) is 49.8 Å². The van der Waals surface area contributed by atoms with Crippen LogP contribution in [0.1, 0.15) is 69.0 Å². The lowest BCUT2D eigenvalue weighted by Crippen LogP contribution is -2.20. The van der Waals surface area contributed by atoms with Gasteiger partial charge >= 0.3 is 0 Å². The predicted molar refractivity (Wildman–Crippen MR) is 84.0 cm³/mol. The third-order valence-electron chi connectivity index (χ3n) is 4.34. The summed E-state index contributed by atoms with van der Waals surface area (Å²) in [4.78, 5) is 0. The van der Waals surface area contributed by atoms with Crippen molar-refractivity contribution in [3.63, 3.8) is 0 Å². The van der Waals surface area contributed by atoms with Gasteiger partial charge in [0.2, 0.25) is 0 Å². The number of hydrogen-bond donors (Lipinski definition) is 2. The van der Waals surface area contributed by atoms with Crippen molar-refractivity contribution in [2.75, 3.05) is 13.2 Å². The maximum absolute atomic E-state index is 8.79. The monoisotopic (exact) mass is 278 g/mol. The van der Waals surface area contributed by atoms with Crippen molar-refractivity contribution in [1.82, 2.24) is 9.88 Å². The van der Waals surface area contributed by atoms with Gasteiger partial charge in [0.1, 0.15) is 0 Å². The topological polar surface area (TPSA) is 37.2 Å². The number of rotatable bonds is 8. The molecule has 1 heterocycles. The van der Waals surface area contributed by atoms with E-state index in [1.165, 1.54) is 38.5 Å². The van der Waals surface area contributed by atoms with Crippen LogP contribution in [0.25, 0.3) is 0 Å². The van der Waals surface area contributed by atoms with Crippen LogP contribution in [0, 0.1) is 0 Å². The average molecular weight is 278 g/mol. The van der Waals surface area contributed by atoms with Gasteiger partial charge in [-0.15, -0.1) is 0 Å². The van der Waals surface area contributed by atoms with Crippen molar-refractivity contribution in [3.8, 4) is 0 Å². The lowest BCUT2D eigenvalue weighted by Gasteiger charge is -2.15. The van der Waals surface area contributed by atoms with E-state index in [2.05, 4.69) is 29.2 Å². The van der Waals surface area contributed by atoms with Gasteiger partial charge in [0, 0.05) is 31.6 Å². The Morgan fingerprint density at radius 2 is 2.05 bits per heavy atom. The Balaban J connectivity index is 1.91. The van der Waals surface area contributed by atoms with Crippen LogP contribution in [0.4, 0.5) is 0 Å². The van der Waals surface area contributed by atoms with Crippen LogP contribution < -0.4 is 5.32 Å². The Morgan fingerprint density at radius 1 is 1.20 bits per heavy atom.